The largest absolute Gasteiger partial charge is 0.458 e. The van der Waals surface area contributed by atoms with Gasteiger partial charge in [0.25, 0.3) is 0 Å². The Morgan fingerprint density at radius 2 is 2.08 bits per heavy atom. The standard InChI is InChI=1S/C18H19N3O4/c22-17(10-13-4-5-15-16(9-13)24-12-23-15)21-8-1-3-14(11-21)25-18-19-6-2-7-20-18/h2,4-7,9,14H,1,3,8,10-12H2/t14-/m1/s1. The predicted molar refractivity (Wildman–Crippen MR) is 88.5 cm³/mol. The molecule has 0 aliphatic carbocycles. The van der Waals surface area contributed by atoms with Crippen LogP contribution >= 0.6 is 0 Å². The van der Waals surface area contributed by atoms with Gasteiger partial charge in [0.1, 0.15) is 6.10 Å². The molecule has 2 aliphatic rings. The topological polar surface area (TPSA) is 73.8 Å². The van der Waals surface area contributed by atoms with Crippen molar-refractivity contribution in [1.29, 1.82) is 0 Å². The van der Waals surface area contributed by atoms with Gasteiger partial charge >= 0.3 is 6.01 Å². The molecule has 130 valence electrons. The van der Waals surface area contributed by atoms with E-state index in [0.29, 0.717) is 24.7 Å². The van der Waals surface area contributed by atoms with Crippen molar-refractivity contribution in [2.75, 3.05) is 19.9 Å². The number of fused-ring (bicyclic) bond motifs is 1. The van der Waals surface area contributed by atoms with Gasteiger partial charge in [-0.2, -0.15) is 0 Å². The lowest BCUT2D eigenvalue weighted by atomic mass is 10.1. The number of benzene rings is 1. The Bertz CT molecular complexity index is 753. The molecule has 7 nitrogen and oxygen atoms in total. The van der Waals surface area contributed by atoms with Crippen molar-refractivity contribution in [2.45, 2.75) is 25.4 Å². The maximum Gasteiger partial charge on any atom is 0.316 e. The minimum Gasteiger partial charge on any atom is -0.458 e. The molecule has 25 heavy (non-hydrogen) atoms. The molecule has 1 aromatic carbocycles. The first-order valence-electron chi connectivity index (χ1n) is 8.38. The second-order valence-corrected chi connectivity index (χ2v) is 6.12. The molecule has 0 spiro atoms. The zero-order valence-corrected chi connectivity index (χ0v) is 13.8. The first kappa shape index (κ1) is 15.7. The third-order valence-electron chi connectivity index (χ3n) is 4.34. The lowest BCUT2D eigenvalue weighted by Gasteiger charge is -2.32. The fourth-order valence-corrected chi connectivity index (χ4v) is 3.09. The quantitative estimate of drug-likeness (QED) is 0.844. The summed E-state index contributed by atoms with van der Waals surface area (Å²) in [5.41, 5.74) is 0.920. The average Bonchev–Trinajstić information content (AvgIpc) is 3.10. The molecule has 7 heteroatoms. The summed E-state index contributed by atoms with van der Waals surface area (Å²) in [6, 6.07) is 7.73. The van der Waals surface area contributed by atoms with Gasteiger partial charge in [-0.15, -0.1) is 0 Å². The number of aromatic nitrogens is 2. The first-order chi connectivity index (χ1) is 12.3. The average molecular weight is 341 g/mol. The van der Waals surface area contributed by atoms with Crippen LogP contribution in [-0.2, 0) is 11.2 Å². The molecule has 1 fully saturated rings. The number of rotatable bonds is 4. The zero-order valence-electron chi connectivity index (χ0n) is 13.8. The van der Waals surface area contributed by atoms with Crippen molar-refractivity contribution in [2.24, 2.45) is 0 Å². The number of carbonyl (C=O) groups is 1. The molecule has 1 amide bonds. The Morgan fingerprint density at radius 3 is 2.96 bits per heavy atom. The molecule has 2 aromatic rings. The molecule has 2 aliphatic heterocycles. The number of piperidine rings is 1. The monoisotopic (exact) mass is 341 g/mol. The lowest BCUT2D eigenvalue weighted by Crippen LogP contribution is -2.45. The molecule has 0 unspecified atom stereocenters. The van der Waals surface area contributed by atoms with Gasteiger partial charge in [-0.3, -0.25) is 4.79 Å². The highest BCUT2D eigenvalue weighted by Crippen LogP contribution is 2.32. The fraction of sp³-hybridized carbons (Fsp3) is 0.389. The van der Waals surface area contributed by atoms with Gasteiger partial charge in [0.05, 0.1) is 13.0 Å². The molecule has 1 saturated heterocycles. The molecule has 0 saturated carbocycles. The number of likely N-dealkylation sites (tertiary alicyclic amines) is 1. The van der Waals surface area contributed by atoms with Crippen molar-refractivity contribution < 1.29 is 19.0 Å². The highest BCUT2D eigenvalue weighted by atomic mass is 16.7. The van der Waals surface area contributed by atoms with E-state index in [2.05, 4.69) is 9.97 Å². The van der Waals surface area contributed by atoms with Gasteiger partial charge in [-0.1, -0.05) is 6.07 Å². The molecule has 1 atom stereocenters. The van der Waals surface area contributed by atoms with E-state index in [4.69, 9.17) is 14.2 Å². The van der Waals surface area contributed by atoms with Crippen LogP contribution in [0.3, 0.4) is 0 Å². The van der Waals surface area contributed by atoms with Gasteiger partial charge in [0.15, 0.2) is 11.5 Å². The molecule has 0 N–H and O–H groups in total. The molecule has 4 rings (SSSR count). The van der Waals surface area contributed by atoms with Crippen LogP contribution in [0.2, 0.25) is 0 Å². The van der Waals surface area contributed by atoms with E-state index in [1.165, 1.54) is 0 Å². The third-order valence-corrected chi connectivity index (χ3v) is 4.34. The van der Waals surface area contributed by atoms with E-state index < -0.39 is 0 Å². The van der Waals surface area contributed by atoms with Gasteiger partial charge in [-0.25, -0.2) is 9.97 Å². The van der Waals surface area contributed by atoms with Crippen LogP contribution in [0.15, 0.2) is 36.7 Å². The van der Waals surface area contributed by atoms with E-state index >= 15 is 0 Å². The lowest BCUT2D eigenvalue weighted by molar-refractivity contribution is -0.133. The van der Waals surface area contributed by atoms with E-state index in [1.807, 2.05) is 23.1 Å². The van der Waals surface area contributed by atoms with Gasteiger partial charge in [0, 0.05) is 18.9 Å². The van der Waals surface area contributed by atoms with E-state index in [0.717, 1.165) is 30.7 Å². The van der Waals surface area contributed by atoms with Crippen LogP contribution in [0.1, 0.15) is 18.4 Å². The Morgan fingerprint density at radius 1 is 1.24 bits per heavy atom. The van der Waals surface area contributed by atoms with Crippen LogP contribution in [0.5, 0.6) is 17.5 Å². The van der Waals surface area contributed by atoms with Crippen LogP contribution < -0.4 is 14.2 Å². The van der Waals surface area contributed by atoms with E-state index in [1.54, 1.807) is 18.5 Å². The molecule has 0 radical (unpaired) electrons. The summed E-state index contributed by atoms with van der Waals surface area (Å²) in [7, 11) is 0. The maximum atomic E-state index is 12.6. The minimum absolute atomic E-state index is 0.0724. The van der Waals surface area contributed by atoms with E-state index in [-0.39, 0.29) is 18.8 Å². The molecular weight excluding hydrogens is 322 g/mol. The maximum absolute atomic E-state index is 12.6. The molecular formula is C18H19N3O4. The van der Waals surface area contributed by atoms with Crippen LogP contribution in [-0.4, -0.2) is 46.8 Å². The SMILES string of the molecule is O=C(Cc1ccc2c(c1)OCO2)N1CCC[C@@H](Oc2ncccn2)C1. The highest BCUT2D eigenvalue weighted by molar-refractivity contribution is 5.79. The van der Waals surface area contributed by atoms with Crippen molar-refractivity contribution in [3.05, 3.63) is 42.2 Å². The highest BCUT2D eigenvalue weighted by Gasteiger charge is 2.26. The second kappa shape index (κ2) is 6.96. The van der Waals surface area contributed by atoms with Crippen molar-refractivity contribution >= 4 is 5.91 Å². The summed E-state index contributed by atoms with van der Waals surface area (Å²) < 4.78 is 16.5. The Balaban J connectivity index is 1.36. The zero-order chi connectivity index (χ0) is 17.1. The molecule has 0 bridgehead atoms. The first-order valence-corrected chi connectivity index (χ1v) is 8.38. The predicted octanol–water partition coefficient (Wildman–Crippen LogP) is 1.82. The number of nitrogens with zero attached hydrogens (tertiary/aromatic N) is 3. The third kappa shape index (κ3) is 3.65. The van der Waals surface area contributed by atoms with Gasteiger partial charge < -0.3 is 19.1 Å². The Kier molecular flexibility index (Phi) is 4.37. The summed E-state index contributed by atoms with van der Waals surface area (Å²) in [6.45, 7) is 1.54. The minimum atomic E-state index is -0.0724. The van der Waals surface area contributed by atoms with Crippen molar-refractivity contribution in [1.82, 2.24) is 14.9 Å². The second-order valence-electron chi connectivity index (χ2n) is 6.12. The fourth-order valence-electron chi connectivity index (χ4n) is 3.09. The number of hydrogen-bond donors (Lipinski definition) is 0. The number of carbonyl (C=O) groups excluding carboxylic acids is 1. The Labute approximate surface area is 145 Å². The van der Waals surface area contributed by atoms with Crippen LogP contribution in [0.4, 0.5) is 0 Å². The number of hydrogen-bond acceptors (Lipinski definition) is 6. The number of ether oxygens (including phenoxy) is 3. The Hall–Kier alpha value is -2.83. The number of amides is 1. The molecule has 3 heterocycles. The summed E-state index contributed by atoms with van der Waals surface area (Å²) >= 11 is 0. The van der Waals surface area contributed by atoms with Crippen molar-refractivity contribution in [3.63, 3.8) is 0 Å². The summed E-state index contributed by atoms with van der Waals surface area (Å²) in [4.78, 5) is 22.6. The van der Waals surface area contributed by atoms with Crippen LogP contribution in [0.25, 0.3) is 0 Å². The van der Waals surface area contributed by atoms with Crippen LogP contribution in [0, 0.1) is 0 Å². The van der Waals surface area contributed by atoms with E-state index in [9.17, 15) is 4.79 Å². The van der Waals surface area contributed by atoms with Gasteiger partial charge in [0.2, 0.25) is 12.7 Å². The summed E-state index contributed by atoms with van der Waals surface area (Å²) in [5, 5.41) is 0. The normalized spacial score (nSPS) is 18.9. The summed E-state index contributed by atoms with van der Waals surface area (Å²) in [5.74, 6) is 1.51. The van der Waals surface area contributed by atoms with Crippen molar-refractivity contribution in [3.8, 4) is 17.5 Å². The smallest absolute Gasteiger partial charge is 0.316 e. The summed E-state index contributed by atoms with van der Waals surface area (Å²) in [6.07, 6.45) is 5.36. The molecule has 1 aromatic heterocycles. The van der Waals surface area contributed by atoms with Gasteiger partial charge in [-0.05, 0) is 36.6 Å².